The molecule has 1 amide bonds. The van der Waals surface area contributed by atoms with Gasteiger partial charge in [0, 0.05) is 39.0 Å². The summed E-state index contributed by atoms with van der Waals surface area (Å²) in [4.78, 5) is 18.6. The van der Waals surface area contributed by atoms with E-state index in [1.54, 1.807) is 19.6 Å². The molecular formula is C14H26N4O2. The van der Waals surface area contributed by atoms with Gasteiger partial charge in [0.1, 0.15) is 5.69 Å². The SMILES string of the molecule is CCC(CC)N(CCOC)C(=O)c1cn(CCN)cn1. The number of aromatic nitrogens is 2. The van der Waals surface area contributed by atoms with Gasteiger partial charge in [-0.2, -0.15) is 0 Å². The summed E-state index contributed by atoms with van der Waals surface area (Å²) in [6.07, 6.45) is 5.27. The molecule has 0 saturated carbocycles. The average molecular weight is 282 g/mol. The number of rotatable bonds is 9. The molecule has 0 fully saturated rings. The molecule has 2 N–H and O–H groups in total. The van der Waals surface area contributed by atoms with Crippen LogP contribution < -0.4 is 5.73 Å². The normalized spacial score (nSPS) is 11.1. The molecule has 1 rings (SSSR count). The van der Waals surface area contributed by atoms with Gasteiger partial charge in [0.05, 0.1) is 12.9 Å². The van der Waals surface area contributed by atoms with E-state index in [1.807, 2.05) is 9.47 Å². The predicted molar refractivity (Wildman–Crippen MR) is 78.6 cm³/mol. The van der Waals surface area contributed by atoms with E-state index in [0.29, 0.717) is 31.9 Å². The van der Waals surface area contributed by atoms with Gasteiger partial charge in [-0.25, -0.2) is 4.98 Å². The van der Waals surface area contributed by atoms with Gasteiger partial charge in [-0.3, -0.25) is 4.79 Å². The number of amides is 1. The van der Waals surface area contributed by atoms with Crippen LogP contribution in [0, 0.1) is 0 Å². The van der Waals surface area contributed by atoms with E-state index in [0.717, 1.165) is 12.8 Å². The van der Waals surface area contributed by atoms with Crippen LogP contribution in [0.2, 0.25) is 0 Å². The second-order valence-electron chi connectivity index (χ2n) is 4.75. The van der Waals surface area contributed by atoms with Gasteiger partial charge in [0.25, 0.3) is 5.91 Å². The van der Waals surface area contributed by atoms with Crippen LogP contribution in [-0.4, -0.2) is 53.2 Å². The average Bonchev–Trinajstić information content (AvgIpc) is 2.92. The van der Waals surface area contributed by atoms with Gasteiger partial charge < -0.3 is 19.9 Å². The van der Waals surface area contributed by atoms with E-state index >= 15 is 0 Å². The van der Waals surface area contributed by atoms with E-state index < -0.39 is 0 Å². The first-order chi connectivity index (χ1) is 9.67. The number of methoxy groups -OCH3 is 1. The molecule has 20 heavy (non-hydrogen) atoms. The number of hydrogen-bond donors (Lipinski definition) is 1. The minimum absolute atomic E-state index is 0.0356. The smallest absolute Gasteiger partial charge is 0.274 e. The lowest BCUT2D eigenvalue weighted by atomic mass is 10.1. The Balaban J connectivity index is 2.84. The third-order valence-electron chi connectivity index (χ3n) is 3.42. The van der Waals surface area contributed by atoms with Crippen LogP contribution in [0.25, 0.3) is 0 Å². The van der Waals surface area contributed by atoms with Gasteiger partial charge in [0.15, 0.2) is 0 Å². The maximum Gasteiger partial charge on any atom is 0.274 e. The van der Waals surface area contributed by atoms with Crippen LogP contribution in [-0.2, 0) is 11.3 Å². The van der Waals surface area contributed by atoms with Crippen molar-refractivity contribution in [3.05, 3.63) is 18.2 Å². The first kappa shape index (κ1) is 16.7. The van der Waals surface area contributed by atoms with Gasteiger partial charge in [-0.05, 0) is 12.8 Å². The van der Waals surface area contributed by atoms with Crippen molar-refractivity contribution in [2.24, 2.45) is 5.73 Å². The van der Waals surface area contributed by atoms with E-state index in [-0.39, 0.29) is 11.9 Å². The van der Waals surface area contributed by atoms with E-state index in [9.17, 15) is 4.79 Å². The molecule has 0 aliphatic rings. The molecule has 0 aliphatic heterocycles. The summed E-state index contributed by atoms with van der Waals surface area (Å²) in [5.41, 5.74) is 5.98. The molecule has 1 aromatic rings. The molecule has 0 unspecified atom stereocenters. The molecule has 0 bridgehead atoms. The van der Waals surface area contributed by atoms with Crippen LogP contribution >= 0.6 is 0 Å². The summed E-state index contributed by atoms with van der Waals surface area (Å²) in [6, 6.07) is 0.220. The maximum atomic E-state index is 12.6. The lowest BCUT2D eigenvalue weighted by Crippen LogP contribution is -2.42. The number of carbonyl (C=O) groups is 1. The van der Waals surface area contributed by atoms with Crippen molar-refractivity contribution in [3.8, 4) is 0 Å². The zero-order valence-corrected chi connectivity index (χ0v) is 12.7. The minimum Gasteiger partial charge on any atom is -0.383 e. The Labute approximate surface area is 120 Å². The number of carbonyl (C=O) groups excluding carboxylic acids is 1. The molecule has 6 nitrogen and oxygen atoms in total. The lowest BCUT2D eigenvalue weighted by Gasteiger charge is -2.29. The maximum absolute atomic E-state index is 12.6. The molecule has 1 heterocycles. The van der Waals surface area contributed by atoms with Gasteiger partial charge in [-0.1, -0.05) is 13.8 Å². The third kappa shape index (κ3) is 4.31. The fourth-order valence-corrected chi connectivity index (χ4v) is 2.26. The zero-order valence-electron chi connectivity index (χ0n) is 12.7. The van der Waals surface area contributed by atoms with Crippen molar-refractivity contribution in [2.45, 2.75) is 39.3 Å². The second kappa shape index (κ2) is 8.71. The Hall–Kier alpha value is -1.40. The fraction of sp³-hybridized carbons (Fsp3) is 0.714. The Morgan fingerprint density at radius 2 is 2.20 bits per heavy atom. The molecule has 114 valence electrons. The molecular weight excluding hydrogens is 256 g/mol. The fourth-order valence-electron chi connectivity index (χ4n) is 2.26. The van der Waals surface area contributed by atoms with Crippen LogP contribution in [0.15, 0.2) is 12.5 Å². The summed E-state index contributed by atoms with van der Waals surface area (Å²) in [7, 11) is 1.64. The highest BCUT2D eigenvalue weighted by Gasteiger charge is 2.23. The molecule has 1 aromatic heterocycles. The topological polar surface area (TPSA) is 73.4 Å². The second-order valence-corrected chi connectivity index (χ2v) is 4.75. The lowest BCUT2D eigenvalue weighted by molar-refractivity contribution is 0.0584. The summed E-state index contributed by atoms with van der Waals surface area (Å²) < 4.78 is 6.95. The number of nitrogens with zero attached hydrogens (tertiary/aromatic N) is 3. The number of hydrogen-bond acceptors (Lipinski definition) is 4. The van der Waals surface area contributed by atoms with Crippen LogP contribution in [0.4, 0.5) is 0 Å². The molecule has 0 spiro atoms. The molecule has 0 radical (unpaired) electrons. The van der Waals surface area contributed by atoms with Crippen molar-refractivity contribution in [1.82, 2.24) is 14.5 Å². The summed E-state index contributed by atoms with van der Waals surface area (Å²) in [5.74, 6) is -0.0356. The van der Waals surface area contributed by atoms with Gasteiger partial charge in [0.2, 0.25) is 0 Å². The van der Waals surface area contributed by atoms with Crippen molar-refractivity contribution in [3.63, 3.8) is 0 Å². The minimum atomic E-state index is -0.0356. The van der Waals surface area contributed by atoms with Crippen molar-refractivity contribution in [1.29, 1.82) is 0 Å². The largest absolute Gasteiger partial charge is 0.383 e. The highest BCUT2D eigenvalue weighted by Crippen LogP contribution is 2.12. The van der Waals surface area contributed by atoms with Crippen LogP contribution in [0.3, 0.4) is 0 Å². The molecule has 0 saturated heterocycles. The summed E-state index contributed by atoms with van der Waals surface area (Å²) in [6.45, 7) is 6.51. The molecule has 0 aromatic carbocycles. The van der Waals surface area contributed by atoms with Crippen LogP contribution in [0.5, 0.6) is 0 Å². The first-order valence-corrected chi connectivity index (χ1v) is 7.19. The van der Waals surface area contributed by atoms with Crippen LogP contribution in [0.1, 0.15) is 37.2 Å². The van der Waals surface area contributed by atoms with E-state index in [1.165, 1.54) is 0 Å². The highest BCUT2D eigenvalue weighted by atomic mass is 16.5. The number of nitrogens with two attached hydrogens (primary N) is 1. The summed E-state index contributed by atoms with van der Waals surface area (Å²) in [5, 5.41) is 0. The molecule has 0 atom stereocenters. The monoisotopic (exact) mass is 282 g/mol. The van der Waals surface area contributed by atoms with Gasteiger partial charge in [-0.15, -0.1) is 0 Å². The highest BCUT2D eigenvalue weighted by molar-refractivity contribution is 5.92. The van der Waals surface area contributed by atoms with E-state index in [4.69, 9.17) is 10.5 Å². The Kier molecular flexibility index (Phi) is 7.25. The Morgan fingerprint density at radius 1 is 1.50 bits per heavy atom. The van der Waals surface area contributed by atoms with Crippen molar-refractivity contribution in [2.75, 3.05) is 26.8 Å². The van der Waals surface area contributed by atoms with Crippen molar-refractivity contribution < 1.29 is 9.53 Å². The quantitative estimate of drug-likeness (QED) is 0.736. The zero-order chi connectivity index (χ0) is 15.0. The first-order valence-electron chi connectivity index (χ1n) is 7.19. The standard InChI is InChI=1S/C14H26N4O2/c1-4-12(5-2)18(8-9-20-3)14(19)13-10-17(7-6-15)11-16-13/h10-12H,4-9,15H2,1-3H3. The number of imidazole rings is 1. The van der Waals surface area contributed by atoms with E-state index in [2.05, 4.69) is 18.8 Å². The molecule has 0 aliphatic carbocycles. The summed E-state index contributed by atoms with van der Waals surface area (Å²) >= 11 is 0. The Morgan fingerprint density at radius 3 is 2.75 bits per heavy atom. The Bertz CT molecular complexity index is 402. The van der Waals surface area contributed by atoms with Crippen molar-refractivity contribution >= 4 is 5.91 Å². The predicted octanol–water partition coefficient (Wildman–Crippen LogP) is 1.12. The van der Waals surface area contributed by atoms with Gasteiger partial charge >= 0.3 is 0 Å². The molecule has 6 heteroatoms. The number of ether oxygens (including phenoxy) is 1. The third-order valence-corrected chi connectivity index (χ3v) is 3.42.